The SMILES string of the molecule is CC(C)(C)C1=CC(=CC2=C(N)C(=Cc3cc(C(C)(C)C)[o+]c(C(C)(C)C)c3[Se])C2=O)C=C(C(C)(C)C)[Se]1. The molecule has 2 aliphatic rings. The van der Waals surface area contributed by atoms with Crippen LogP contribution in [-0.2, 0) is 15.6 Å². The first-order valence-corrected chi connectivity index (χ1v) is 15.5. The molecule has 0 spiro atoms. The van der Waals surface area contributed by atoms with Gasteiger partial charge in [0.15, 0.2) is 0 Å². The van der Waals surface area contributed by atoms with Gasteiger partial charge in [0, 0.05) is 0 Å². The number of carbonyl (C=O) groups is 1. The second-order valence-corrected chi connectivity index (χ2v) is 17.3. The van der Waals surface area contributed by atoms with Crippen LogP contribution in [0.4, 0.5) is 0 Å². The minimum atomic E-state index is -0.188. The van der Waals surface area contributed by atoms with E-state index in [1.165, 1.54) is 8.94 Å². The second kappa shape index (κ2) is 9.83. The first-order chi connectivity index (χ1) is 16.6. The molecule has 0 bridgehead atoms. The summed E-state index contributed by atoms with van der Waals surface area (Å²) in [5.41, 5.74) is 10.1. The predicted octanol–water partition coefficient (Wildman–Crippen LogP) is 6.63. The molecule has 37 heavy (non-hydrogen) atoms. The molecular formula is C32H43NO2Se2+. The van der Waals surface area contributed by atoms with Gasteiger partial charge in [-0.15, -0.1) is 0 Å². The van der Waals surface area contributed by atoms with Crippen LogP contribution in [0, 0.1) is 10.8 Å². The molecule has 2 heterocycles. The summed E-state index contributed by atoms with van der Waals surface area (Å²) in [6, 6.07) is 2.03. The van der Waals surface area contributed by atoms with Crippen LogP contribution in [0.2, 0.25) is 0 Å². The van der Waals surface area contributed by atoms with Crippen molar-refractivity contribution in [3.63, 3.8) is 0 Å². The summed E-state index contributed by atoms with van der Waals surface area (Å²) in [4.78, 5) is 13.4. The molecule has 0 atom stereocenters. The molecule has 3 rings (SSSR count). The molecule has 0 saturated carbocycles. The Morgan fingerprint density at radius 3 is 1.73 bits per heavy atom. The van der Waals surface area contributed by atoms with Crippen molar-refractivity contribution in [3.8, 4) is 0 Å². The molecule has 0 saturated heterocycles. The summed E-state index contributed by atoms with van der Waals surface area (Å²) >= 11 is 3.49. The van der Waals surface area contributed by atoms with Gasteiger partial charge < -0.3 is 0 Å². The Morgan fingerprint density at radius 2 is 1.32 bits per heavy atom. The number of nitrogens with two attached hydrogens (primary N) is 1. The Labute approximate surface area is 238 Å². The fourth-order valence-electron chi connectivity index (χ4n) is 3.92. The van der Waals surface area contributed by atoms with Gasteiger partial charge in [0.05, 0.1) is 0 Å². The monoisotopic (exact) mass is 633 g/mol. The van der Waals surface area contributed by atoms with E-state index in [4.69, 9.17) is 10.2 Å². The zero-order chi connectivity index (χ0) is 28.3. The van der Waals surface area contributed by atoms with E-state index in [1.807, 2.05) is 18.2 Å². The molecule has 0 aromatic carbocycles. The van der Waals surface area contributed by atoms with Crippen LogP contribution in [0.25, 0.3) is 6.08 Å². The number of allylic oxidation sites excluding steroid dienone is 8. The van der Waals surface area contributed by atoms with E-state index in [2.05, 4.69) is 111 Å². The molecule has 1 aromatic heterocycles. The van der Waals surface area contributed by atoms with Gasteiger partial charge in [-0.25, -0.2) is 0 Å². The quantitative estimate of drug-likeness (QED) is 0.227. The third-order valence-corrected chi connectivity index (χ3v) is 11.2. The molecule has 0 fully saturated rings. The molecular weight excluding hydrogens is 588 g/mol. The minimum absolute atomic E-state index is 0.00712. The Bertz CT molecular complexity index is 1260. The number of rotatable bonds is 2. The average Bonchev–Trinajstić information content (AvgIpc) is 2.73. The van der Waals surface area contributed by atoms with Crippen LogP contribution < -0.4 is 10.2 Å². The van der Waals surface area contributed by atoms with E-state index < -0.39 is 0 Å². The van der Waals surface area contributed by atoms with E-state index in [-0.39, 0.29) is 27.4 Å². The van der Waals surface area contributed by atoms with Crippen LogP contribution in [0.15, 0.2) is 60.1 Å². The Hall–Kier alpha value is -1.64. The first-order valence-electron chi connectivity index (χ1n) is 12.9. The van der Waals surface area contributed by atoms with Crippen molar-refractivity contribution in [1.29, 1.82) is 0 Å². The van der Waals surface area contributed by atoms with Crippen LogP contribution >= 0.6 is 0 Å². The van der Waals surface area contributed by atoms with Gasteiger partial charge in [0.2, 0.25) is 0 Å². The van der Waals surface area contributed by atoms with E-state index in [0.29, 0.717) is 31.8 Å². The molecule has 0 unspecified atom stereocenters. The van der Waals surface area contributed by atoms with Gasteiger partial charge in [-0.2, -0.15) is 0 Å². The third kappa shape index (κ3) is 6.51. The first kappa shape index (κ1) is 29.9. The van der Waals surface area contributed by atoms with Crippen molar-refractivity contribution in [2.75, 3.05) is 0 Å². The number of ketones is 1. The molecule has 1 aromatic rings. The molecule has 2 N–H and O–H groups in total. The van der Waals surface area contributed by atoms with Gasteiger partial charge >= 0.3 is 240 Å². The summed E-state index contributed by atoms with van der Waals surface area (Å²) in [7, 11) is 0. The molecule has 1 aliphatic carbocycles. The van der Waals surface area contributed by atoms with Crippen LogP contribution in [0.5, 0.6) is 0 Å². The number of hydrogen-bond acceptors (Lipinski definition) is 2. The fraction of sp³-hybridized carbons (Fsp3) is 0.500. The van der Waals surface area contributed by atoms with Gasteiger partial charge in [0.25, 0.3) is 0 Å². The Kier molecular flexibility index (Phi) is 7.95. The van der Waals surface area contributed by atoms with Crippen molar-refractivity contribution < 1.29 is 9.21 Å². The van der Waals surface area contributed by atoms with E-state index in [9.17, 15) is 4.79 Å². The van der Waals surface area contributed by atoms with Crippen molar-refractivity contribution in [2.45, 2.75) is 93.9 Å². The van der Waals surface area contributed by atoms with Gasteiger partial charge in [-0.3, -0.25) is 0 Å². The summed E-state index contributed by atoms with van der Waals surface area (Å²) in [6.07, 6.45) is 8.41. The van der Waals surface area contributed by atoms with Crippen LogP contribution in [0.1, 0.15) is 100 Å². The maximum absolute atomic E-state index is 13.4. The summed E-state index contributed by atoms with van der Waals surface area (Å²) in [5, 5.41) is 0. The van der Waals surface area contributed by atoms with E-state index in [1.54, 1.807) is 0 Å². The zero-order valence-electron chi connectivity index (χ0n) is 24.6. The number of hydrogen-bond donors (Lipinski definition) is 1. The summed E-state index contributed by atoms with van der Waals surface area (Å²) < 4.78 is 10.1. The topological polar surface area (TPSA) is 54.4 Å². The molecule has 5 heteroatoms. The summed E-state index contributed by atoms with van der Waals surface area (Å²) in [5.74, 6) is 1.75. The second-order valence-electron chi connectivity index (χ2n) is 14.2. The Balaban J connectivity index is 2.12. The maximum atomic E-state index is 13.4. The molecule has 1 aliphatic heterocycles. The van der Waals surface area contributed by atoms with E-state index >= 15 is 0 Å². The zero-order valence-corrected chi connectivity index (χ0v) is 28.0. The molecule has 3 nitrogen and oxygen atoms in total. The number of carbonyl (C=O) groups excluding carboxylic acids is 1. The van der Waals surface area contributed by atoms with Gasteiger partial charge in [-0.05, 0) is 0 Å². The normalized spacial score (nSPS) is 18.6. The Morgan fingerprint density at radius 1 is 0.811 bits per heavy atom. The van der Waals surface area contributed by atoms with Gasteiger partial charge in [0.1, 0.15) is 0 Å². The molecule has 0 amide bonds. The van der Waals surface area contributed by atoms with Crippen molar-refractivity contribution in [2.24, 2.45) is 16.6 Å². The predicted molar refractivity (Wildman–Crippen MR) is 159 cm³/mol. The molecule has 199 valence electrons. The van der Waals surface area contributed by atoms with Crippen molar-refractivity contribution in [1.82, 2.24) is 0 Å². The molecule has 1 radical (unpaired) electrons. The number of Topliss-reactive ketones (excluding diaryl/α,β-unsaturated/α-hetero) is 1. The van der Waals surface area contributed by atoms with Crippen LogP contribution in [0.3, 0.4) is 0 Å². The third-order valence-electron chi connectivity index (χ3n) is 6.36. The van der Waals surface area contributed by atoms with Gasteiger partial charge in [-0.1, -0.05) is 0 Å². The average molecular weight is 632 g/mol. The van der Waals surface area contributed by atoms with E-state index in [0.717, 1.165) is 27.1 Å². The summed E-state index contributed by atoms with van der Waals surface area (Å²) in [6.45, 7) is 26.3. The van der Waals surface area contributed by atoms with Crippen LogP contribution in [-0.4, -0.2) is 36.8 Å². The fourth-order valence-corrected chi connectivity index (χ4v) is 7.50. The van der Waals surface area contributed by atoms with Crippen molar-refractivity contribution >= 4 is 47.3 Å². The standard InChI is InChI=1S/C32H42NO2Se2/c1-29(2,3)22-17-19(27(36)28(35-22)32(10,11)12)16-21-25(33)20(26(21)34)13-18-14-23(30(4,5)6)37-24(15-18)31(7,8)9/h13-17H,1-12H3,(H-,33,34)/p+1. The van der Waals surface area contributed by atoms with Crippen molar-refractivity contribution in [3.05, 3.63) is 72.7 Å².